The molecule has 0 spiro atoms. The quantitative estimate of drug-likeness (QED) is 0.873. The summed E-state index contributed by atoms with van der Waals surface area (Å²) in [7, 11) is 0. The Labute approximate surface area is 117 Å². The van der Waals surface area contributed by atoms with Gasteiger partial charge in [0, 0.05) is 12.5 Å². The predicted octanol–water partition coefficient (Wildman–Crippen LogP) is 3.13. The minimum Gasteiger partial charge on any atom is -0.390 e. The summed E-state index contributed by atoms with van der Waals surface area (Å²) in [5.41, 5.74) is 3.25. The van der Waals surface area contributed by atoms with Crippen LogP contribution in [0.4, 0.5) is 0 Å². The lowest BCUT2D eigenvalue weighted by Gasteiger charge is -2.31. The fraction of sp³-hybridized carbons (Fsp3) is 0.647. The lowest BCUT2D eigenvalue weighted by atomic mass is 9.86. The number of aliphatic hydroxyl groups is 1. The van der Waals surface area contributed by atoms with Crippen LogP contribution < -0.4 is 5.32 Å². The van der Waals surface area contributed by atoms with Crippen LogP contribution in [-0.2, 0) is 6.42 Å². The topological polar surface area (TPSA) is 32.3 Å². The van der Waals surface area contributed by atoms with E-state index < -0.39 is 5.60 Å². The van der Waals surface area contributed by atoms with E-state index in [0.717, 1.165) is 19.4 Å². The first-order valence-electron chi connectivity index (χ1n) is 7.48. The van der Waals surface area contributed by atoms with Crippen molar-refractivity contribution in [3.8, 4) is 0 Å². The Morgan fingerprint density at radius 2 is 2.05 bits per heavy atom. The second-order valence-corrected chi connectivity index (χ2v) is 6.44. The van der Waals surface area contributed by atoms with Crippen LogP contribution >= 0.6 is 0 Å². The molecule has 0 aromatic heterocycles. The maximum atomic E-state index is 10.6. The van der Waals surface area contributed by atoms with Gasteiger partial charge in [-0.3, -0.25) is 0 Å². The maximum absolute atomic E-state index is 10.6. The first kappa shape index (κ1) is 14.5. The molecule has 1 aromatic carbocycles. The van der Waals surface area contributed by atoms with Gasteiger partial charge in [-0.2, -0.15) is 0 Å². The summed E-state index contributed by atoms with van der Waals surface area (Å²) in [6, 6.07) is 6.98. The highest BCUT2D eigenvalue weighted by Crippen LogP contribution is 2.23. The van der Waals surface area contributed by atoms with Crippen molar-refractivity contribution in [1.29, 1.82) is 0 Å². The van der Waals surface area contributed by atoms with Crippen LogP contribution in [0.2, 0.25) is 0 Å². The molecule has 0 radical (unpaired) electrons. The van der Waals surface area contributed by atoms with E-state index in [0.29, 0.717) is 6.04 Å². The highest BCUT2D eigenvalue weighted by molar-refractivity contribution is 5.30. The fourth-order valence-electron chi connectivity index (χ4n) is 3.05. The number of rotatable bonds is 4. The molecule has 1 aliphatic heterocycles. The molecule has 2 rings (SSSR count). The molecule has 1 saturated heterocycles. The van der Waals surface area contributed by atoms with Crippen LogP contribution in [0.5, 0.6) is 0 Å². The van der Waals surface area contributed by atoms with Gasteiger partial charge in [-0.05, 0) is 63.3 Å². The molecule has 106 valence electrons. The smallest absolute Gasteiger partial charge is 0.0674 e. The predicted molar refractivity (Wildman–Crippen MR) is 80.5 cm³/mol. The van der Waals surface area contributed by atoms with Crippen molar-refractivity contribution in [2.45, 2.75) is 64.5 Å². The van der Waals surface area contributed by atoms with Gasteiger partial charge in [0.05, 0.1) is 5.60 Å². The Morgan fingerprint density at radius 3 is 2.68 bits per heavy atom. The fourth-order valence-corrected chi connectivity index (χ4v) is 3.05. The molecule has 2 N–H and O–H groups in total. The summed E-state index contributed by atoms with van der Waals surface area (Å²) < 4.78 is 0. The van der Waals surface area contributed by atoms with Crippen molar-refractivity contribution < 1.29 is 5.11 Å². The molecule has 1 heterocycles. The van der Waals surface area contributed by atoms with Crippen LogP contribution in [0.3, 0.4) is 0 Å². The Balaban J connectivity index is 1.96. The molecule has 1 aromatic rings. The van der Waals surface area contributed by atoms with Crippen LogP contribution in [0.25, 0.3) is 0 Å². The van der Waals surface area contributed by atoms with E-state index in [1.807, 2.05) is 6.92 Å². The molecule has 2 atom stereocenters. The first-order valence-corrected chi connectivity index (χ1v) is 7.48. The van der Waals surface area contributed by atoms with Crippen LogP contribution in [0.15, 0.2) is 18.2 Å². The van der Waals surface area contributed by atoms with Crippen molar-refractivity contribution in [2.75, 3.05) is 6.54 Å². The molecule has 0 aliphatic carbocycles. The van der Waals surface area contributed by atoms with E-state index in [-0.39, 0.29) is 0 Å². The molecule has 2 heteroatoms. The van der Waals surface area contributed by atoms with E-state index >= 15 is 0 Å². The van der Waals surface area contributed by atoms with Crippen LogP contribution in [-0.4, -0.2) is 23.3 Å². The molecular weight excluding hydrogens is 234 g/mol. The number of benzene rings is 1. The molecule has 0 amide bonds. The zero-order valence-electron chi connectivity index (χ0n) is 12.5. The third-order valence-corrected chi connectivity index (χ3v) is 4.25. The van der Waals surface area contributed by atoms with E-state index in [1.165, 1.54) is 36.0 Å². The Morgan fingerprint density at radius 1 is 1.26 bits per heavy atom. The van der Waals surface area contributed by atoms with Gasteiger partial charge in [0.25, 0.3) is 0 Å². The van der Waals surface area contributed by atoms with Crippen molar-refractivity contribution >= 4 is 0 Å². The number of hydrogen-bond acceptors (Lipinski definition) is 2. The molecule has 2 unspecified atom stereocenters. The van der Waals surface area contributed by atoms with E-state index in [1.54, 1.807) is 0 Å². The average Bonchev–Trinajstić information content (AvgIpc) is 2.34. The normalized spacial score (nSPS) is 23.1. The lowest BCUT2D eigenvalue weighted by Crippen LogP contribution is -2.41. The van der Waals surface area contributed by atoms with Crippen molar-refractivity contribution in [3.05, 3.63) is 34.9 Å². The largest absolute Gasteiger partial charge is 0.390 e. The zero-order valence-corrected chi connectivity index (χ0v) is 12.5. The van der Waals surface area contributed by atoms with Gasteiger partial charge in [-0.25, -0.2) is 0 Å². The number of nitrogens with one attached hydrogen (secondary N) is 1. The van der Waals surface area contributed by atoms with E-state index in [9.17, 15) is 5.11 Å². The average molecular weight is 261 g/mol. The minimum atomic E-state index is -0.614. The summed E-state index contributed by atoms with van der Waals surface area (Å²) in [6.45, 7) is 7.34. The van der Waals surface area contributed by atoms with Gasteiger partial charge in [-0.1, -0.05) is 24.6 Å². The third-order valence-electron chi connectivity index (χ3n) is 4.25. The first-order chi connectivity index (χ1) is 8.96. The van der Waals surface area contributed by atoms with E-state index in [2.05, 4.69) is 37.4 Å². The van der Waals surface area contributed by atoms with Crippen molar-refractivity contribution in [3.63, 3.8) is 0 Å². The zero-order chi connectivity index (χ0) is 13.9. The summed E-state index contributed by atoms with van der Waals surface area (Å²) in [5, 5.41) is 14.2. The van der Waals surface area contributed by atoms with Crippen molar-refractivity contribution in [2.24, 2.45) is 0 Å². The minimum absolute atomic E-state index is 0.482. The van der Waals surface area contributed by atoms with Crippen LogP contribution in [0.1, 0.15) is 49.3 Å². The van der Waals surface area contributed by atoms with Gasteiger partial charge in [0.15, 0.2) is 0 Å². The van der Waals surface area contributed by atoms with Crippen molar-refractivity contribution in [1.82, 2.24) is 5.32 Å². The molecular formula is C17H27NO. The molecule has 1 aliphatic rings. The Bertz CT molecular complexity index is 419. The molecule has 0 saturated carbocycles. The van der Waals surface area contributed by atoms with Crippen LogP contribution in [0, 0.1) is 13.8 Å². The summed E-state index contributed by atoms with van der Waals surface area (Å²) in [6.07, 6.45) is 5.35. The molecule has 2 nitrogen and oxygen atoms in total. The lowest BCUT2D eigenvalue weighted by molar-refractivity contribution is 0.0371. The number of hydrogen-bond donors (Lipinski definition) is 2. The van der Waals surface area contributed by atoms with Gasteiger partial charge in [0.2, 0.25) is 0 Å². The Kier molecular flexibility index (Phi) is 4.64. The monoisotopic (exact) mass is 261 g/mol. The second-order valence-electron chi connectivity index (χ2n) is 6.44. The summed E-state index contributed by atoms with van der Waals surface area (Å²) in [5.74, 6) is 0. The number of piperidine rings is 1. The summed E-state index contributed by atoms with van der Waals surface area (Å²) >= 11 is 0. The second kappa shape index (κ2) is 6.06. The van der Waals surface area contributed by atoms with Gasteiger partial charge in [-0.15, -0.1) is 0 Å². The van der Waals surface area contributed by atoms with Gasteiger partial charge in [0.1, 0.15) is 0 Å². The molecule has 19 heavy (non-hydrogen) atoms. The molecule has 0 bridgehead atoms. The van der Waals surface area contributed by atoms with Gasteiger partial charge < -0.3 is 10.4 Å². The Hall–Kier alpha value is -0.860. The number of aryl methyl sites for hydroxylation is 2. The third kappa shape index (κ3) is 4.32. The maximum Gasteiger partial charge on any atom is 0.0674 e. The molecule has 1 fully saturated rings. The standard InChI is InChI=1S/C17H27NO/c1-13-7-8-15(10-14(13)2)11-17(3,19)12-16-6-4-5-9-18-16/h7-8,10,16,18-19H,4-6,9,11-12H2,1-3H3. The van der Waals surface area contributed by atoms with E-state index in [4.69, 9.17) is 0 Å². The SMILES string of the molecule is Cc1ccc(CC(C)(O)CC2CCCCN2)cc1C. The highest BCUT2D eigenvalue weighted by atomic mass is 16.3. The summed E-state index contributed by atoms with van der Waals surface area (Å²) in [4.78, 5) is 0. The van der Waals surface area contributed by atoms with Gasteiger partial charge >= 0.3 is 0 Å². The highest BCUT2D eigenvalue weighted by Gasteiger charge is 2.26.